The zero-order valence-electron chi connectivity index (χ0n) is 16.8. The van der Waals surface area contributed by atoms with E-state index in [4.69, 9.17) is 4.74 Å². The molecule has 0 spiro atoms. The Morgan fingerprint density at radius 3 is 2.69 bits per heavy atom. The minimum Gasteiger partial charge on any atom is -0.479 e. The minimum absolute atomic E-state index is 0.0445. The van der Waals surface area contributed by atoms with Crippen LogP contribution in [0, 0.1) is 0 Å². The summed E-state index contributed by atoms with van der Waals surface area (Å²) in [5, 5.41) is 13.6. The molecule has 2 N–H and O–H groups in total. The van der Waals surface area contributed by atoms with Crippen LogP contribution in [0.15, 0.2) is 60.0 Å². The maximum atomic E-state index is 12.7. The van der Waals surface area contributed by atoms with Gasteiger partial charge in [0.25, 0.3) is 0 Å². The van der Waals surface area contributed by atoms with Crippen LogP contribution >= 0.6 is 11.8 Å². The van der Waals surface area contributed by atoms with Gasteiger partial charge in [-0.05, 0) is 16.5 Å². The Bertz CT molecular complexity index is 1060. The van der Waals surface area contributed by atoms with E-state index in [9.17, 15) is 24.3 Å². The van der Waals surface area contributed by atoms with Gasteiger partial charge in [0.05, 0.1) is 13.0 Å². The van der Waals surface area contributed by atoms with E-state index in [1.54, 1.807) is 5.41 Å². The molecule has 166 valence electrons. The van der Waals surface area contributed by atoms with Crippen molar-refractivity contribution in [2.45, 2.75) is 30.3 Å². The second-order valence-corrected chi connectivity index (χ2v) is 8.24. The van der Waals surface area contributed by atoms with Gasteiger partial charge < -0.3 is 20.1 Å². The lowest BCUT2D eigenvalue weighted by atomic mass is 9.96. The van der Waals surface area contributed by atoms with Crippen LogP contribution in [0.3, 0.4) is 0 Å². The number of carboxylic acid groups (broad SMARTS) is 1. The summed E-state index contributed by atoms with van der Waals surface area (Å²) in [6.07, 6.45) is 3.84. The highest BCUT2D eigenvalue weighted by Crippen LogP contribution is 2.40. The van der Waals surface area contributed by atoms with E-state index in [-0.39, 0.29) is 25.4 Å². The average Bonchev–Trinajstić information content (AvgIpc) is 3.32. The summed E-state index contributed by atoms with van der Waals surface area (Å²) < 4.78 is 6.30. The molecule has 4 rings (SSSR count). The Morgan fingerprint density at radius 2 is 2.00 bits per heavy atom. The maximum absolute atomic E-state index is 12.7. The molecule has 0 aliphatic carbocycles. The Labute approximate surface area is 187 Å². The fourth-order valence-corrected chi connectivity index (χ4v) is 4.87. The number of benzene rings is 1. The number of carboxylic acids is 1. The van der Waals surface area contributed by atoms with Crippen LogP contribution in [0.2, 0.25) is 0 Å². The van der Waals surface area contributed by atoms with Crippen molar-refractivity contribution in [2.75, 3.05) is 6.61 Å². The molecule has 1 fully saturated rings. The summed E-state index contributed by atoms with van der Waals surface area (Å²) in [5.74, 6) is -1.93. The number of fused-ring (bicyclic) bond motifs is 1. The van der Waals surface area contributed by atoms with Gasteiger partial charge in [0.2, 0.25) is 11.8 Å². The number of hydrogen-bond donors (Lipinski definition) is 2. The third kappa shape index (κ3) is 4.37. The van der Waals surface area contributed by atoms with E-state index >= 15 is 0 Å². The summed E-state index contributed by atoms with van der Waals surface area (Å²) in [7, 11) is 0. The Morgan fingerprint density at radius 1 is 1.22 bits per heavy atom. The second-order valence-electron chi connectivity index (χ2n) is 7.25. The smallest absolute Gasteiger partial charge is 0.419 e. The number of ether oxygens (including phenoxy) is 1. The summed E-state index contributed by atoms with van der Waals surface area (Å²) in [4.78, 5) is 53.8. The number of imidazole rings is 1. The predicted molar refractivity (Wildman–Crippen MR) is 113 cm³/mol. The molecule has 2 aromatic rings. The van der Waals surface area contributed by atoms with Gasteiger partial charge in [0, 0.05) is 18.8 Å². The molecule has 3 heterocycles. The van der Waals surface area contributed by atoms with Gasteiger partial charge in [0.1, 0.15) is 17.7 Å². The first-order valence-electron chi connectivity index (χ1n) is 9.83. The molecule has 32 heavy (non-hydrogen) atoms. The molecule has 2 aliphatic heterocycles. The SMILES string of the molecule is O=C(Cc1ccccc1)NC1C(=O)N2C(C(=O)O)C(CCOC(=O)n3ccnc3)=CS[C@@H]12. The van der Waals surface area contributed by atoms with Gasteiger partial charge in [-0.2, -0.15) is 0 Å². The molecule has 11 heteroatoms. The van der Waals surface area contributed by atoms with Crippen molar-refractivity contribution in [3.8, 4) is 0 Å². The number of carbonyl (C=O) groups excluding carboxylic acids is 3. The Balaban J connectivity index is 1.36. The van der Waals surface area contributed by atoms with Gasteiger partial charge in [-0.25, -0.2) is 19.1 Å². The Kier molecular flexibility index (Phi) is 6.26. The van der Waals surface area contributed by atoms with Gasteiger partial charge in [-0.3, -0.25) is 9.59 Å². The van der Waals surface area contributed by atoms with Crippen LogP contribution in [0.1, 0.15) is 12.0 Å². The first-order chi connectivity index (χ1) is 15.5. The number of nitrogens with one attached hydrogen (secondary N) is 1. The number of β-lactam (4-membered cyclic amide) rings is 1. The van der Waals surface area contributed by atoms with Crippen LogP contribution in [0.25, 0.3) is 0 Å². The number of rotatable bonds is 7. The number of aromatic nitrogens is 2. The number of carbonyl (C=O) groups is 4. The highest BCUT2D eigenvalue weighted by Gasteiger charge is 2.55. The lowest BCUT2D eigenvalue weighted by Crippen LogP contribution is -2.74. The van der Waals surface area contributed by atoms with E-state index in [0.29, 0.717) is 5.57 Å². The topological polar surface area (TPSA) is 131 Å². The largest absolute Gasteiger partial charge is 0.479 e. The minimum atomic E-state index is -1.18. The fourth-order valence-electron chi connectivity index (χ4n) is 3.61. The quantitative estimate of drug-likeness (QED) is 0.595. The molecule has 2 unspecified atom stereocenters. The average molecular weight is 456 g/mol. The first kappa shape index (κ1) is 21.6. The highest BCUT2D eigenvalue weighted by atomic mass is 32.2. The van der Waals surface area contributed by atoms with E-state index in [1.807, 2.05) is 30.3 Å². The second kappa shape index (κ2) is 9.27. The van der Waals surface area contributed by atoms with Crippen molar-refractivity contribution in [3.63, 3.8) is 0 Å². The van der Waals surface area contributed by atoms with Crippen LogP contribution in [0.5, 0.6) is 0 Å². The summed E-state index contributed by atoms with van der Waals surface area (Å²) in [6, 6.07) is 7.19. The summed E-state index contributed by atoms with van der Waals surface area (Å²) in [5.41, 5.74) is 1.28. The molecule has 1 aromatic carbocycles. The summed E-state index contributed by atoms with van der Waals surface area (Å²) in [6.45, 7) is -0.0445. The van der Waals surface area contributed by atoms with Crippen molar-refractivity contribution in [3.05, 3.63) is 65.6 Å². The fraction of sp³-hybridized carbons (Fsp3) is 0.286. The van der Waals surface area contributed by atoms with Gasteiger partial charge in [-0.15, -0.1) is 11.8 Å². The third-order valence-corrected chi connectivity index (χ3v) is 6.37. The third-order valence-electron chi connectivity index (χ3n) is 5.16. The van der Waals surface area contributed by atoms with Crippen LogP contribution in [-0.2, 0) is 25.5 Å². The standard InChI is InChI=1S/C21H20N4O6S/c26-15(10-13-4-2-1-3-5-13)23-16-18(27)25-17(20(28)29)14(11-32-19(16)25)6-9-31-21(30)24-8-7-22-12-24/h1-5,7-8,11-12,16-17,19H,6,9-10H2,(H,23,26)(H,28,29)/t16?,17?,19-/m0/s1. The van der Waals surface area contributed by atoms with Crippen molar-refractivity contribution < 1.29 is 29.0 Å². The molecule has 3 atom stereocenters. The molecule has 10 nitrogen and oxygen atoms in total. The van der Waals surface area contributed by atoms with Gasteiger partial charge in [-0.1, -0.05) is 30.3 Å². The number of thioether (sulfide) groups is 1. The van der Waals surface area contributed by atoms with Crippen LogP contribution in [0.4, 0.5) is 4.79 Å². The molecule has 0 bridgehead atoms. The maximum Gasteiger partial charge on any atom is 0.419 e. The molecule has 1 aromatic heterocycles. The number of amides is 2. The van der Waals surface area contributed by atoms with E-state index in [2.05, 4.69) is 10.3 Å². The zero-order chi connectivity index (χ0) is 22.7. The van der Waals surface area contributed by atoms with E-state index in [1.165, 1.54) is 35.4 Å². The Hall–Kier alpha value is -3.60. The molecular formula is C21H20N4O6S. The highest BCUT2D eigenvalue weighted by molar-refractivity contribution is 8.02. The van der Waals surface area contributed by atoms with E-state index < -0.39 is 35.4 Å². The molecular weight excluding hydrogens is 436 g/mol. The number of aliphatic carboxylic acids is 1. The van der Waals surface area contributed by atoms with Crippen LogP contribution in [-0.4, -0.2) is 67.5 Å². The van der Waals surface area contributed by atoms with Crippen molar-refractivity contribution >= 4 is 35.6 Å². The molecule has 1 saturated heterocycles. The lowest BCUT2D eigenvalue weighted by Gasteiger charge is -2.51. The first-order valence-corrected chi connectivity index (χ1v) is 10.8. The van der Waals surface area contributed by atoms with Gasteiger partial charge in [0.15, 0.2) is 6.04 Å². The predicted octanol–water partition coefficient (Wildman–Crippen LogP) is 1.24. The number of nitrogens with zero attached hydrogens (tertiary/aromatic N) is 3. The normalized spacial score (nSPS) is 21.8. The van der Waals surface area contributed by atoms with E-state index in [0.717, 1.165) is 10.1 Å². The number of hydrogen-bond acceptors (Lipinski definition) is 7. The van der Waals surface area contributed by atoms with Crippen molar-refractivity contribution in [1.29, 1.82) is 0 Å². The van der Waals surface area contributed by atoms with Crippen molar-refractivity contribution in [1.82, 2.24) is 19.8 Å². The molecule has 2 amide bonds. The molecule has 0 saturated carbocycles. The zero-order valence-corrected chi connectivity index (χ0v) is 17.6. The van der Waals surface area contributed by atoms with Crippen LogP contribution < -0.4 is 5.32 Å². The molecule has 2 aliphatic rings. The van der Waals surface area contributed by atoms with Gasteiger partial charge >= 0.3 is 12.1 Å². The molecule has 0 radical (unpaired) electrons. The summed E-state index contributed by atoms with van der Waals surface area (Å²) >= 11 is 1.27. The monoisotopic (exact) mass is 456 g/mol. The lowest BCUT2D eigenvalue weighted by molar-refractivity contribution is -0.160. The van der Waals surface area contributed by atoms with Crippen molar-refractivity contribution in [2.24, 2.45) is 0 Å².